The van der Waals surface area contributed by atoms with Gasteiger partial charge in [-0.05, 0) is 64.2 Å². The van der Waals surface area contributed by atoms with Crippen LogP contribution < -0.4 is 0 Å². The van der Waals surface area contributed by atoms with Crippen molar-refractivity contribution in [2.75, 3.05) is 7.11 Å². The molecule has 0 aromatic heterocycles. The van der Waals surface area contributed by atoms with Gasteiger partial charge in [0.15, 0.2) is 6.29 Å². The van der Waals surface area contributed by atoms with Gasteiger partial charge in [0.2, 0.25) is 0 Å². The Bertz CT molecular complexity index is 925. The molecule has 1 saturated heterocycles. The summed E-state index contributed by atoms with van der Waals surface area (Å²) in [6.45, 7) is 7.01. The van der Waals surface area contributed by atoms with Crippen LogP contribution >= 0.6 is 0 Å². The molecule has 4 fully saturated rings. The van der Waals surface area contributed by atoms with E-state index in [1.807, 2.05) is 13.0 Å². The van der Waals surface area contributed by atoms with Crippen molar-refractivity contribution in [3.63, 3.8) is 0 Å². The van der Waals surface area contributed by atoms with Crippen molar-refractivity contribution in [2.24, 2.45) is 16.7 Å². The number of rotatable bonds is 4. The van der Waals surface area contributed by atoms with E-state index in [0.717, 1.165) is 12.0 Å². The summed E-state index contributed by atoms with van der Waals surface area (Å²) < 4.78 is 17.7. The van der Waals surface area contributed by atoms with Gasteiger partial charge in [0.05, 0.1) is 35.9 Å². The molecule has 4 aliphatic carbocycles. The zero-order chi connectivity index (χ0) is 27.2. The Morgan fingerprint density at radius 1 is 1.08 bits per heavy atom. The van der Waals surface area contributed by atoms with Crippen LogP contribution in [0.5, 0.6) is 0 Å². The molecule has 0 unspecified atom stereocenters. The smallest absolute Gasteiger partial charge is 0.161 e. The molecule has 9 heteroatoms. The van der Waals surface area contributed by atoms with E-state index in [-0.39, 0.29) is 37.9 Å². The molecule has 37 heavy (non-hydrogen) atoms. The Morgan fingerprint density at radius 3 is 2.43 bits per heavy atom. The number of aliphatic hydroxyl groups excluding tert-OH is 3. The molecule has 5 aliphatic rings. The fourth-order valence-corrected chi connectivity index (χ4v) is 9.02. The molecule has 13 atom stereocenters. The number of ether oxygens (including phenoxy) is 3. The summed E-state index contributed by atoms with van der Waals surface area (Å²) in [7, 11) is 1.58. The monoisotopic (exact) mass is 526 g/mol. The maximum atomic E-state index is 12.3. The molecule has 3 saturated carbocycles. The number of aliphatic hydroxyl groups is 6. The van der Waals surface area contributed by atoms with Gasteiger partial charge < -0.3 is 44.8 Å². The first kappa shape index (κ1) is 27.9. The zero-order valence-electron chi connectivity index (χ0n) is 22.8. The molecule has 1 aliphatic heterocycles. The second-order valence-electron chi connectivity index (χ2n) is 13.0. The maximum Gasteiger partial charge on any atom is 0.161 e. The highest BCUT2D eigenvalue weighted by atomic mass is 16.7. The summed E-state index contributed by atoms with van der Waals surface area (Å²) in [4.78, 5) is 0. The average Bonchev–Trinajstić information content (AvgIpc) is 3.08. The van der Waals surface area contributed by atoms with Crippen LogP contribution in [0, 0.1) is 16.7 Å². The van der Waals surface area contributed by atoms with E-state index >= 15 is 0 Å². The topological polar surface area (TPSA) is 149 Å². The van der Waals surface area contributed by atoms with Crippen molar-refractivity contribution in [3.8, 4) is 0 Å². The molecule has 0 spiro atoms. The van der Waals surface area contributed by atoms with E-state index in [1.165, 1.54) is 6.92 Å². The van der Waals surface area contributed by atoms with Crippen LogP contribution in [0.4, 0.5) is 0 Å². The van der Waals surface area contributed by atoms with Gasteiger partial charge in [0, 0.05) is 19.4 Å². The maximum absolute atomic E-state index is 12.3. The second-order valence-corrected chi connectivity index (χ2v) is 13.0. The van der Waals surface area contributed by atoms with Gasteiger partial charge in [0.1, 0.15) is 22.9 Å². The van der Waals surface area contributed by atoms with E-state index in [2.05, 4.69) is 6.92 Å². The van der Waals surface area contributed by atoms with Gasteiger partial charge in [-0.3, -0.25) is 0 Å². The third-order valence-corrected chi connectivity index (χ3v) is 11.6. The van der Waals surface area contributed by atoms with Crippen LogP contribution in [0.15, 0.2) is 11.6 Å². The van der Waals surface area contributed by atoms with Crippen LogP contribution in [0.25, 0.3) is 0 Å². The zero-order valence-corrected chi connectivity index (χ0v) is 22.8. The SMILES string of the molecule is CO[C@H]1C[C@H](O[C@H]2CC[C@@]3(C)C(=CC[C@]4(O)[C@@H]3C[C@@H](O)[C@@]3(C)[C@]4(O)CC[C@@]3(O)[C@H](C)O)C2)O[C@H](C)[C@H]1O. The van der Waals surface area contributed by atoms with Crippen molar-refractivity contribution in [1.29, 1.82) is 0 Å². The highest BCUT2D eigenvalue weighted by Gasteiger charge is 2.80. The fourth-order valence-electron chi connectivity index (χ4n) is 9.02. The van der Waals surface area contributed by atoms with Gasteiger partial charge >= 0.3 is 0 Å². The normalized spacial score (nSPS) is 56.6. The summed E-state index contributed by atoms with van der Waals surface area (Å²) in [5, 5.41) is 68.1. The van der Waals surface area contributed by atoms with E-state index in [4.69, 9.17) is 14.2 Å². The van der Waals surface area contributed by atoms with Gasteiger partial charge in [0.25, 0.3) is 0 Å². The molecular formula is C28H46O9. The van der Waals surface area contributed by atoms with Crippen LogP contribution in [0.2, 0.25) is 0 Å². The molecule has 6 N–H and O–H groups in total. The lowest BCUT2D eigenvalue weighted by atomic mass is 9.42. The van der Waals surface area contributed by atoms with Crippen molar-refractivity contribution < 1.29 is 44.8 Å². The van der Waals surface area contributed by atoms with Crippen LogP contribution in [-0.2, 0) is 14.2 Å². The summed E-state index contributed by atoms with van der Waals surface area (Å²) in [5.41, 5.74) is -5.79. The Balaban J connectivity index is 1.39. The molecule has 0 amide bonds. The minimum Gasteiger partial charge on any atom is -0.392 e. The lowest BCUT2D eigenvalue weighted by Crippen LogP contribution is -2.78. The van der Waals surface area contributed by atoms with Crippen molar-refractivity contribution in [1.82, 2.24) is 0 Å². The highest BCUT2D eigenvalue weighted by Crippen LogP contribution is 2.70. The first-order valence-electron chi connectivity index (χ1n) is 13.9. The Kier molecular flexibility index (Phi) is 6.75. The van der Waals surface area contributed by atoms with Gasteiger partial charge in [-0.25, -0.2) is 0 Å². The summed E-state index contributed by atoms with van der Waals surface area (Å²) in [6.07, 6.45) is 0.902. The van der Waals surface area contributed by atoms with E-state index in [1.54, 1.807) is 14.0 Å². The number of methoxy groups -OCH3 is 1. The Morgan fingerprint density at radius 2 is 1.78 bits per heavy atom. The molecule has 0 radical (unpaired) electrons. The predicted octanol–water partition coefficient (Wildman–Crippen LogP) is 1.16. The molecule has 9 nitrogen and oxygen atoms in total. The fraction of sp³-hybridized carbons (Fsp3) is 0.929. The summed E-state index contributed by atoms with van der Waals surface area (Å²) in [6, 6.07) is 0. The molecule has 212 valence electrons. The molecule has 0 aromatic rings. The minimum absolute atomic E-state index is 0.0934. The number of fused-ring (bicyclic) bond motifs is 5. The van der Waals surface area contributed by atoms with Crippen molar-refractivity contribution >= 4 is 0 Å². The molecule has 1 heterocycles. The number of hydrogen-bond acceptors (Lipinski definition) is 9. The van der Waals surface area contributed by atoms with Crippen LogP contribution in [0.3, 0.4) is 0 Å². The Hall–Kier alpha value is -0.620. The van der Waals surface area contributed by atoms with E-state index in [0.29, 0.717) is 19.3 Å². The largest absolute Gasteiger partial charge is 0.392 e. The summed E-state index contributed by atoms with van der Waals surface area (Å²) >= 11 is 0. The third kappa shape index (κ3) is 3.55. The standard InChI is InChI=1S/C28H46O9/c1-15-23(31)19(35-5)13-22(36-15)37-18-7-8-24(3)17(12-18)6-9-27(33)20(24)14-21(30)25(4)26(32,16(2)29)10-11-28(25,27)34/h6,15-16,18-23,29-34H,7-14H2,1-5H3/t15-,16+,18+,19+,20-,21-,22+,23-,24+,25-,26-,27+,28-/m1/s1. The average molecular weight is 527 g/mol. The number of hydrogen-bond donors (Lipinski definition) is 6. The second kappa shape index (κ2) is 8.94. The van der Waals surface area contributed by atoms with Crippen molar-refractivity contribution in [3.05, 3.63) is 11.6 Å². The predicted molar refractivity (Wildman–Crippen MR) is 133 cm³/mol. The molecule has 0 bridgehead atoms. The van der Waals surface area contributed by atoms with Crippen molar-refractivity contribution in [2.45, 2.75) is 139 Å². The molecule has 5 rings (SSSR count). The Labute approximate surface area is 219 Å². The van der Waals surface area contributed by atoms with E-state index < -0.39 is 64.3 Å². The molecule has 0 aromatic carbocycles. The third-order valence-electron chi connectivity index (χ3n) is 11.6. The summed E-state index contributed by atoms with van der Waals surface area (Å²) in [5.74, 6) is -0.413. The van der Waals surface area contributed by atoms with E-state index in [9.17, 15) is 30.6 Å². The van der Waals surface area contributed by atoms with Crippen LogP contribution in [-0.4, -0.2) is 97.5 Å². The first-order valence-corrected chi connectivity index (χ1v) is 13.9. The minimum atomic E-state index is -1.76. The van der Waals surface area contributed by atoms with Gasteiger partial charge in [-0.15, -0.1) is 0 Å². The first-order chi connectivity index (χ1) is 17.2. The van der Waals surface area contributed by atoms with Crippen LogP contribution in [0.1, 0.15) is 79.1 Å². The lowest BCUT2D eigenvalue weighted by molar-refractivity contribution is -0.326. The van der Waals surface area contributed by atoms with Gasteiger partial charge in [-0.2, -0.15) is 0 Å². The molecular weight excluding hydrogens is 480 g/mol. The highest BCUT2D eigenvalue weighted by molar-refractivity contribution is 5.36. The lowest BCUT2D eigenvalue weighted by Gasteiger charge is -2.67. The van der Waals surface area contributed by atoms with Gasteiger partial charge in [-0.1, -0.05) is 25.5 Å². The quantitative estimate of drug-likeness (QED) is 0.297.